The van der Waals surface area contributed by atoms with Gasteiger partial charge in [0.05, 0.1) is 32.9 Å². The Morgan fingerprint density at radius 3 is 2.59 bits per heavy atom. The molecule has 2 rings (SSSR count). The van der Waals surface area contributed by atoms with Gasteiger partial charge in [0.1, 0.15) is 11.6 Å². The molecule has 0 radical (unpaired) electrons. The summed E-state index contributed by atoms with van der Waals surface area (Å²) in [4.78, 5) is 22.2. The second-order valence-electron chi connectivity index (χ2n) is 5.44. The van der Waals surface area contributed by atoms with Crippen molar-refractivity contribution < 1.29 is 24.2 Å². The van der Waals surface area contributed by atoms with Crippen molar-refractivity contribution in [2.45, 2.75) is 13.0 Å². The topological polar surface area (TPSA) is 140 Å². The van der Waals surface area contributed by atoms with E-state index in [4.69, 9.17) is 25.6 Å². The molecule has 0 aliphatic carbocycles. The Morgan fingerprint density at radius 2 is 2.04 bits per heavy atom. The van der Waals surface area contributed by atoms with Gasteiger partial charge in [-0.3, -0.25) is 14.3 Å². The van der Waals surface area contributed by atoms with Gasteiger partial charge in [-0.1, -0.05) is 0 Å². The number of aliphatic carboxylic acids is 1. The SMILES string of the molecule is COc1ccc(-c2nn(CCC(=O)O)cc2C=C(C#N)C(N)=O)cc1OC. The lowest BCUT2D eigenvalue weighted by atomic mass is 10.1. The molecule has 1 heterocycles. The number of carboxylic acids is 1. The van der Waals surface area contributed by atoms with Crippen LogP contribution < -0.4 is 15.2 Å². The highest BCUT2D eigenvalue weighted by Crippen LogP contribution is 2.33. The predicted octanol–water partition coefficient (Wildman–Crippen LogP) is 1.43. The van der Waals surface area contributed by atoms with Crippen molar-refractivity contribution in [2.24, 2.45) is 5.73 Å². The number of hydrogen-bond donors (Lipinski definition) is 2. The molecule has 140 valence electrons. The standard InChI is InChI=1S/C18H18N4O5/c1-26-14-4-3-11(8-15(14)27-2)17-13(7-12(9-19)18(20)25)10-22(21-17)6-5-16(23)24/h3-4,7-8,10H,5-6H2,1-2H3,(H2,20,25)(H,23,24). The Hall–Kier alpha value is -3.80. The number of hydrogen-bond acceptors (Lipinski definition) is 6. The molecular formula is C18H18N4O5. The third-order valence-corrected chi connectivity index (χ3v) is 3.69. The van der Waals surface area contributed by atoms with Crippen LogP contribution in [0.15, 0.2) is 30.0 Å². The van der Waals surface area contributed by atoms with E-state index in [0.29, 0.717) is 28.3 Å². The number of rotatable bonds is 8. The van der Waals surface area contributed by atoms with Gasteiger partial charge < -0.3 is 20.3 Å². The van der Waals surface area contributed by atoms with E-state index < -0.39 is 11.9 Å². The molecule has 9 heteroatoms. The lowest BCUT2D eigenvalue weighted by Crippen LogP contribution is -2.12. The summed E-state index contributed by atoms with van der Waals surface area (Å²) in [6.45, 7) is 0.127. The average molecular weight is 370 g/mol. The Bertz CT molecular complexity index is 940. The maximum atomic E-state index is 11.4. The van der Waals surface area contributed by atoms with Gasteiger partial charge in [0, 0.05) is 17.3 Å². The summed E-state index contributed by atoms with van der Waals surface area (Å²) in [7, 11) is 3.01. The van der Waals surface area contributed by atoms with Gasteiger partial charge in [-0.25, -0.2) is 0 Å². The maximum Gasteiger partial charge on any atom is 0.305 e. The normalized spacial score (nSPS) is 10.9. The highest BCUT2D eigenvalue weighted by atomic mass is 16.5. The number of aryl methyl sites for hydroxylation is 1. The van der Waals surface area contributed by atoms with Gasteiger partial charge >= 0.3 is 5.97 Å². The Morgan fingerprint density at radius 1 is 1.33 bits per heavy atom. The molecule has 1 aromatic heterocycles. The molecule has 0 atom stereocenters. The van der Waals surface area contributed by atoms with Crippen LogP contribution in [0.4, 0.5) is 0 Å². The molecule has 0 saturated heterocycles. The Labute approximate surface area is 155 Å². The first-order chi connectivity index (χ1) is 12.9. The highest BCUT2D eigenvalue weighted by Gasteiger charge is 2.15. The maximum absolute atomic E-state index is 11.4. The molecule has 0 unspecified atom stereocenters. The number of nitrogens with two attached hydrogens (primary N) is 1. The van der Waals surface area contributed by atoms with Crippen molar-refractivity contribution in [1.82, 2.24) is 9.78 Å². The van der Waals surface area contributed by atoms with Gasteiger partial charge in [0.2, 0.25) is 0 Å². The van der Waals surface area contributed by atoms with E-state index >= 15 is 0 Å². The summed E-state index contributed by atoms with van der Waals surface area (Å²) in [5, 5.41) is 22.3. The van der Waals surface area contributed by atoms with E-state index in [1.54, 1.807) is 30.5 Å². The van der Waals surface area contributed by atoms with Crippen LogP contribution >= 0.6 is 0 Å². The van der Waals surface area contributed by atoms with Crippen LogP contribution in [0.1, 0.15) is 12.0 Å². The number of carbonyl (C=O) groups is 2. The van der Waals surface area contributed by atoms with Crippen LogP contribution in [0, 0.1) is 11.3 Å². The third kappa shape index (κ3) is 4.64. The zero-order valence-electron chi connectivity index (χ0n) is 14.8. The number of carbonyl (C=O) groups excluding carboxylic acids is 1. The minimum atomic E-state index is -0.967. The first kappa shape index (κ1) is 19.5. The predicted molar refractivity (Wildman–Crippen MR) is 95.8 cm³/mol. The van der Waals surface area contributed by atoms with Crippen molar-refractivity contribution in [3.63, 3.8) is 0 Å². The van der Waals surface area contributed by atoms with Crippen LogP contribution in [-0.2, 0) is 16.1 Å². The number of carboxylic acid groups (broad SMARTS) is 1. The molecule has 2 aromatic rings. The van der Waals surface area contributed by atoms with Gasteiger partial charge in [-0.05, 0) is 24.3 Å². The molecule has 1 amide bonds. The van der Waals surface area contributed by atoms with E-state index in [1.807, 2.05) is 0 Å². The Balaban J connectivity index is 2.57. The molecule has 9 nitrogen and oxygen atoms in total. The van der Waals surface area contributed by atoms with E-state index in [9.17, 15) is 9.59 Å². The third-order valence-electron chi connectivity index (χ3n) is 3.69. The van der Waals surface area contributed by atoms with Crippen molar-refractivity contribution in [3.05, 3.63) is 35.5 Å². The summed E-state index contributed by atoms with van der Waals surface area (Å²) in [6.07, 6.45) is 2.74. The fourth-order valence-corrected chi connectivity index (χ4v) is 2.39. The van der Waals surface area contributed by atoms with Crippen molar-refractivity contribution in [2.75, 3.05) is 14.2 Å². The van der Waals surface area contributed by atoms with Crippen LogP contribution in [0.2, 0.25) is 0 Å². The first-order valence-electron chi connectivity index (χ1n) is 7.82. The van der Waals surface area contributed by atoms with Gasteiger partial charge in [0.25, 0.3) is 5.91 Å². The van der Waals surface area contributed by atoms with Crippen molar-refractivity contribution >= 4 is 18.0 Å². The lowest BCUT2D eigenvalue weighted by Gasteiger charge is -2.09. The van der Waals surface area contributed by atoms with E-state index in [-0.39, 0.29) is 18.5 Å². The molecule has 3 N–H and O–H groups in total. The number of benzene rings is 1. The van der Waals surface area contributed by atoms with Crippen LogP contribution in [-0.4, -0.2) is 41.0 Å². The molecule has 0 spiro atoms. The zero-order chi connectivity index (χ0) is 20.0. The van der Waals surface area contributed by atoms with Gasteiger partial charge in [-0.2, -0.15) is 10.4 Å². The number of nitriles is 1. The van der Waals surface area contributed by atoms with Crippen LogP contribution in [0.25, 0.3) is 17.3 Å². The lowest BCUT2D eigenvalue weighted by molar-refractivity contribution is -0.137. The molecule has 0 aliphatic rings. The summed E-state index contributed by atoms with van der Waals surface area (Å²) in [5.74, 6) is -0.835. The first-order valence-corrected chi connectivity index (χ1v) is 7.82. The number of ether oxygens (including phenoxy) is 2. The average Bonchev–Trinajstić information content (AvgIpc) is 3.06. The highest BCUT2D eigenvalue weighted by molar-refractivity contribution is 6.01. The van der Waals surface area contributed by atoms with E-state index in [1.165, 1.54) is 25.0 Å². The Kier molecular flexibility index (Phi) is 6.17. The molecule has 1 aromatic carbocycles. The number of nitrogens with zero attached hydrogens (tertiary/aromatic N) is 3. The zero-order valence-corrected chi connectivity index (χ0v) is 14.8. The minimum absolute atomic E-state index is 0.127. The summed E-state index contributed by atoms with van der Waals surface area (Å²) >= 11 is 0. The second-order valence-corrected chi connectivity index (χ2v) is 5.44. The smallest absolute Gasteiger partial charge is 0.305 e. The van der Waals surface area contributed by atoms with Gasteiger partial charge in [0.15, 0.2) is 11.5 Å². The monoisotopic (exact) mass is 370 g/mol. The van der Waals surface area contributed by atoms with Crippen LogP contribution in [0.3, 0.4) is 0 Å². The quantitative estimate of drug-likeness (QED) is 0.529. The number of primary amides is 1. The molecule has 0 fully saturated rings. The minimum Gasteiger partial charge on any atom is -0.493 e. The summed E-state index contributed by atoms with van der Waals surface area (Å²) in [6, 6.07) is 6.86. The largest absolute Gasteiger partial charge is 0.493 e. The van der Waals surface area contributed by atoms with Crippen molar-refractivity contribution in [3.8, 4) is 28.8 Å². The number of aromatic nitrogens is 2. The molecule has 0 aliphatic heterocycles. The van der Waals surface area contributed by atoms with E-state index in [2.05, 4.69) is 5.10 Å². The number of amides is 1. The summed E-state index contributed by atoms with van der Waals surface area (Å²) < 4.78 is 11.9. The molecular weight excluding hydrogens is 352 g/mol. The molecule has 27 heavy (non-hydrogen) atoms. The fourth-order valence-electron chi connectivity index (χ4n) is 2.39. The van der Waals surface area contributed by atoms with E-state index in [0.717, 1.165) is 0 Å². The molecule has 0 saturated carbocycles. The second kappa shape index (κ2) is 8.53. The van der Waals surface area contributed by atoms with Crippen LogP contribution in [0.5, 0.6) is 11.5 Å². The van der Waals surface area contributed by atoms with Gasteiger partial charge in [-0.15, -0.1) is 0 Å². The molecule has 0 bridgehead atoms. The summed E-state index contributed by atoms with van der Waals surface area (Å²) in [5.41, 5.74) is 6.48. The van der Waals surface area contributed by atoms with Crippen molar-refractivity contribution in [1.29, 1.82) is 5.26 Å². The number of methoxy groups -OCH3 is 2. The fraction of sp³-hybridized carbons (Fsp3) is 0.222.